The van der Waals surface area contributed by atoms with E-state index in [9.17, 15) is 9.59 Å². The molecule has 0 saturated heterocycles. The summed E-state index contributed by atoms with van der Waals surface area (Å²) in [6, 6.07) is 8.26. The van der Waals surface area contributed by atoms with Crippen molar-refractivity contribution in [1.29, 1.82) is 0 Å². The highest BCUT2D eigenvalue weighted by atomic mass is 16.5. The van der Waals surface area contributed by atoms with Gasteiger partial charge >= 0.3 is 0 Å². The van der Waals surface area contributed by atoms with E-state index < -0.39 is 0 Å². The summed E-state index contributed by atoms with van der Waals surface area (Å²) in [5, 5.41) is 2.74. The van der Waals surface area contributed by atoms with Crippen LogP contribution in [0.1, 0.15) is 15.9 Å². The minimum atomic E-state index is -0.346. The molecule has 0 bridgehead atoms. The lowest BCUT2D eigenvalue weighted by molar-refractivity contribution is -0.123. The van der Waals surface area contributed by atoms with Gasteiger partial charge in [-0.05, 0) is 35.9 Å². The topological polar surface area (TPSA) is 92.3 Å². The molecule has 8 nitrogen and oxygen atoms in total. The number of carbonyl (C=O) groups excluding carboxylic acids is 2. The molecule has 28 heavy (non-hydrogen) atoms. The molecular formula is C20H23NO7. The second-order valence-corrected chi connectivity index (χ2v) is 5.62. The minimum Gasteiger partial charge on any atom is -0.497 e. The van der Waals surface area contributed by atoms with Gasteiger partial charge in [-0.25, -0.2) is 0 Å². The van der Waals surface area contributed by atoms with Crippen molar-refractivity contribution in [3.05, 3.63) is 41.5 Å². The first-order valence-corrected chi connectivity index (χ1v) is 8.37. The van der Waals surface area contributed by atoms with E-state index in [1.807, 2.05) is 0 Å². The molecule has 0 saturated carbocycles. The van der Waals surface area contributed by atoms with Crippen molar-refractivity contribution in [1.82, 2.24) is 5.32 Å². The minimum absolute atomic E-state index is 0.238. The van der Waals surface area contributed by atoms with E-state index >= 15 is 0 Å². The fraction of sp³-hybridized carbons (Fsp3) is 0.300. The molecule has 0 aromatic heterocycles. The van der Waals surface area contributed by atoms with E-state index in [0.29, 0.717) is 40.6 Å². The quantitative estimate of drug-likeness (QED) is 0.623. The number of nitrogens with one attached hydrogen (secondary N) is 1. The molecule has 0 radical (unpaired) electrons. The number of hydrogen-bond acceptors (Lipinski definition) is 7. The van der Waals surface area contributed by atoms with Crippen LogP contribution in [-0.4, -0.2) is 47.2 Å². The summed E-state index contributed by atoms with van der Waals surface area (Å²) in [6.45, 7) is -0.000346. The predicted molar refractivity (Wildman–Crippen MR) is 102 cm³/mol. The van der Waals surface area contributed by atoms with Gasteiger partial charge in [-0.1, -0.05) is 0 Å². The smallest absolute Gasteiger partial charge is 0.258 e. The van der Waals surface area contributed by atoms with E-state index in [4.69, 9.17) is 23.7 Å². The molecule has 2 rings (SSSR count). The fourth-order valence-electron chi connectivity index (χ4n) is 2.51. The van der Waals surface area contributed by atoms with Gasteiger partial charge in [0.05, 0.1) is 34.0 Å². The normalized spacial score (nSPS) is 10.0. The van der Waals surface area contributed by atoms with E-state index in [1.54, 1.807) is 24.3 Å². The second kappa shape index (κ2) is 10.1. The molecule has 1 amide bonds. The van der Waals surface area contributed by atoms with Crippen LogP contribution < -0.4 is 29.0 Å². The number of hydrogen-bond donors (Lipinski definition) is 1. The third-order valence-corrected chi connectivity index (χ3v) is 3.92. The van der Waals surface area contributed by atoms with Gasteiger partial charge in [0.2, 0.25) is 5.75 Å². The summed E-state index contributed by atoms with van der Waals surface area (Å²) < 4.78 is 26.3. The molecule has 0 spiro atoms. The summed E-state index contributed by atoms with van der Waals surface area (Å²) in [6.07, 6.45) is 0.645. The van der Waals surface area contributed by atoms with E-state index in [0.717, 1.165) is 5.56 Å². The predicted octanol–water partition coefficient (Wildman–Crippen LogP) is 2.23. The zero-order valence-corrected chi connectivity index (χ0v) is 16.2. The molecule has 0 heterocycles. The van der Waals surface area contributed by atoms with Crippen LogP contribution in [0.15, 0.2) is 30.3 Å². The van der Waals surface area contributed by atoms with Crippen LogP contribution in [0, 0.1) is 0 Å². The Hall–Kier alpha value is -3.42. The monoisotopic (exact) mass is 389 g/mol. The van der Waals surface area contributed by atoms with Gasteiger partial charge in [-0.15, -0.1) is 0 Å². The zero-order chi connectivity index (χ0) is 20.5. The van der Waals surface area contributed by atoms with Crippen molar-refractivity contribution < 1.29 is 33.3 Å². The third-order valence-electron chi connectivity index (χ3n) is 3.92. The van der Waals surface area contributed by atoms with Crippen molar-refractivity contribution in [3.8, 4) is 28.7 Å². The lowest BCUT2D eigenvalue weighted by atomic mass is 10.1. The van der Waals surface area contributed by atoms with Gasteiger partial charge in [-0.2, -0.15) is 0 Å². The van der Waals surface area contributed by atoms with Crippen LogP contribution in [0.5, 0.6) is 28.7 Å². The largest absolute Gasteiger partial charge is 0.497 e. The summed E-state index contributed by atoms with van der Waals surface area (Å²) in [5.41, 5.74) is 1.07. The SMILES string of the molecule is COc1ccc(OCC(=O)NCc2cc(OC)c(OC)c(OC)c2)c(C=O)c1. The van der Waals surface area contributed by atoms with Crippen LogP contribution in [0.4, 0.5) is 0 Å². The Morgan fingerprint density at radius 1 is 0.929 bits per heavy atom. The van der Waals surface area contributed by atoms with Crippen LogP contribution >= 0.6 is 0 Å². The maximum atomic E-state index is 12.1. The van der Waals surface area contributed by atoms with Gasteiger partial charge in [-0.3, -0.25) is 9.59 Å². The summed E-state index contributed by atoms with van der Waals surface area (Å²) in [4.78, 5) is 23.3. The first-order chi connectivity index (χ1) is 13.6. The van der Waals surface area contributed by atoms with Gasteiger partial charge in [0, 0.05) is 6.54 Å². The number of carbonyl (C=O) groups is 2. The number of aldehydes is 1. The lowest BCUT2D eigenvalue weighted by Crippen LogP contribution is -2.28. The number of rotatable bonds is 10. The van der Waals surface area contributed by atoms with E-state index in [1.165, 1.54) is 34.5 Å². The standard InChI is InChI=1S/C20H23NO7/c1-24-15-5-6-16(14(9-15)11-22)28-12-19(23)21-10-13-7-17(25-2)20(27-4)18(8-13)26-3/h5-9,11H,10,12H2,1-4H3,(H,21,23). The Kier molecular flexibility index (Phi) is 7.50. The molecule has 0 aliphatic carbocycles. The number of ether oxygens (including phenoxy) is 5. The van der Waals surface area contributed by atoms with E-state index in [-0.39, 0.29) is 19.1 Å². The molecular weight excluding hydrogens is 366 g/mol. The maximum Gasteiger partial charge on any atom is 0.258 e. The molecule has 2 aromatic rings. The van der Waals surface area contributed by atoms with Crippen molar-refractivity contribution in [2.75, 3.05) is 35.0 Å². The molecule has 0 unspecified atom stereocenters. The highest BCUT2D eigenvalue weighted by Crippen LogP contribution is 2.38. The first kappa shape index (κ1) is 20.9. The second-order valence-electron chi connectivity index (χ2n) is 5.62. The van der Waals surface area contributed by atoms with Crippen LogP contribution in [-0.2, 0) is 11.3 Å². The Morgan fingerprint density at radius 2 is 1.61 bits per heavy atom. The maximum absolute atomic E-state index is 12.1. The van der Waals surface area contributed by atoms with Gasteiger partial charge in [0.1, 0.15) is 11.5 Å². The lowest BCUT2D eigenvalue weighted by Gasteiger charge is -2.14. The average Bonchev–Trinajstić information content (AvgIpc) is 2.74. The Morgan fingerprint density at radius 3 is 2.14 bits per heavy atom. The van der Waals surface area contributed by atoms with Crippen molar-refractivity contribution in [3.63, 3.8) is 0 Å². The molecule has 150 valence electrons. The average molecular weight is 389 g/mol. The molecule has 0 aliphatic heterocycles. The van der Waals surface area contributed by atoms with E-state index in [2.05, 4.69) is 5.32 Å². The Labute approximate surface area is 163 Å². The molecule has 8 heteroatoms. The zero-order valence-electron chi connectivity index (χ0n) is 16.2. The number of amides is 1. The molecule has 0 fully saturated rings. The van der Waals surface area contributed by atoms with Crippen molar-refractivity contribution in [2.24, 2.45) is 0 Å². The first-order valence-electron chi connectivity index (χ1n) is 8.37. The molecule has 0 aliphatic rings. The molecule has 1 N–H and O–H groups in total. The van der Waals surface area contributed by atoms with Crippen LogP contribution in [0.3, 0.4) is 0 Å². The van der Waals surface area contributed by atoms with Gasteiger partial charge in [0.25, 0.3) is 5.91 Å². The van der Waals surface area contributed by atoms with Crippen molar-refractivity contribution in [2.45, 2.75) is 6.54 Å². The highest BCUT2D eigenvalue weighted by Gasteiger charge is 2.14. The summed E-state index contributed by atoms with van der Waals surface area (Å²) in [7, 11) is 6.06. The Bertz CT molecular complexity index is 810. The number of methoxy groups -OCH3 is 4. The highest BCUT2D eigenvalue weighted by molar-refractivity contribution is 5.81. The van der Waals surface area contributed by atoms with Crippen LogP contribution in [0.25, 0.3) is 0 Å². The number of benzene rings is 2. The third kappa shape index (κ3) is 5.06. The summed E-state index contributed by atoms with van der Waals surface area (Å²) in [5.74, 6) is 1.96. The fourth-order valence-corrected chi connectivity index (χ4v) is 2.51. The van der Waals surface area contributed by atoms with Gasteiger partial charge in [0.15, 0.2) is 24.4 Å². The van der Waals surface area contributed by atoms with Crippen molar-refractivity contribution >= 4 is 12.2 Å². The molecule has 0 atom stereocenters. The Balaban J connectivity index is 1.99. The summed E-state index contributed by atoms with van der Waals surface area (Å²) >= 11 is 0. The van der Waals surface area contributed by atoms with Gasteiger partial charge < -0.3 is 29.0 Å². The van der Waals surface area contributed by atoms with Crippen LogP contribution in [0.2, 0.25) is 0 Å². The molecule has 2 aromatic carbocycles.